The number of nitrogens with two attached hydrogens (primary N) is 1. The summed E-state index contributed by atoms with van der Waals surface area (Å²) in [5.41, 5.74) is 5.26. The van der Waals surface area contributed by atoms with Crippen LogP contribution in [0.25, 0.3) is 0 Å². The van der Waals surface area contributed by atoms with E-state index in [0.717, 1.165) is 13.1 Å². The first-order valence-electron chi connectivity index (χ1n) is 3.45. The topological polar surface area (TPSA) is 29.3 Å². The Bertz CT molecular complexity index is 108. The summed E-state index contributed by atoms with van der Waals surface area (Å²) in [6, 6.07) is 0. The molecule has 2 heteroatoms. The molecule has 58 valence electrons. The molecule has 0 aromatic rings. The highest BCUT2D eigenvalue weighted by Gasteiger charge is 1.87. The summed E-state index contributed by atoms with van der Waals surface area (Å²) in [7, 11) is 2.04. The fourth-order valence-corrected chi connectivity index (χ4v) is 0.646. The Labute approximate surface area is 63.0 Å². The number of likely N-dealkylation sites (N-methyl/N-ethyl adjacent to an activating group) is 1. The predicted molar refractivity (Wildman–Crippen MR) is 45.9 cm³/mol. The first kappa shape index (κ1) is 9.40. The van der Waals surface area contributed by atoms with E-state index in [1.54, 1.807) is 0 Å². The summed E-state index contributed by atoms with van der Waals surface area (Å²) < 4.78 is 0. The zero-order valence-corrected chi connectivity index (χ0v) is 6.59. The number of nitrogens with zero attached hydrogens (tertiary/aromatic N) is 1. The van der Waals surface area contributed by atoms with E-state index in [1.807, 2.05) is 19.2 Å². The van der Waals surface area contributed by atoms with Crippen LogP contribution in [-0.2, 0) is 0 Å². The quantitative estimate of drug-likeness (QED) is 0.567. The highest BCUT2D eigenvalue weighted by Crippen LogP contribution is 1.82. The maximum absolute atomic E-state index is 5.26. The van der Waals surface area contributed by atoms with E-state index in [1.165, 1.54) is 0 Å². The van der Waals surface area contributed by atoms with Crippen LogP contribution in [0, 0.1) is 0 Å². The van der Waals surface area contributed by atoms with E-state index >= 15 is 0 Å². The summed E-state index contributed by atoms with van der Waals surface area (Å²) in [5, 5.41) is 0. The molecular formula is C8H16N2. The van der Waals surface area contributed by atoms with Crippen molar-refractivity contribution in [3.8, 4) is 0 Å². The van der Waals surface area contributed by atoms with Crippen LogP contribution in [-0.4, -0.2) is 31.6 Å². The molecule has 0 radical (unpaired) electrons. The van der Waals surface area contributed by atoms with Crippen molar-refractivity contribution in [1.29, 1.82) is 0 Å². The lowest BCUT2D eigenvalue weighted by molar-refractivity contribution is 0.412. The largest absolute Gasteiger partial charge is 0.327 e. The molecular weight excluding hydrogens is 124 g/mol. The van der Waals surface area contributed by atoms with Gasteiger partial charge in [-0.25, -0.2) is 0 Å². The Morgan fingerprint density at radius 1 is 1.40 bits per heavy atom. The Kier molecular flexibility index (Phi) is 6.13. The normalized spacial score (nSPS) is 11.1. The Balaban J connectivity index is 3.28. The van der Waals surface area contributed by atoms with E-state index in [-0.39, 0.29) is 0 Å². The molecule has 0 atom stereocenters. The number of rotatable bonds is 5. The van der Waals surface area contributed by atoms with Crippen LogP contribution < -0.4 is 5.73 Å². The van der Waals surface area contributed by atoms with Crippen molar-refractivity contribution in [3.63, 3.8) is 0 Å². The van der Waals surface area contributed by atoms with E-state index < -0.39 is 0 Å². The Hall–Kier alpha value is -0.600. The third-order valence-electron chi connectivity index (χ3n) is 1.16. The van der Waals surface area contributed by atoms with Gasteiger partial charge in [0.2, 0.25) is 0 Å². The molecule has 2 N–H and O–H groups in total. The second-order valence-corrected chi connectivity index (χ2v) is 2.22. The molecule has 0 fully saturated rings. The van der Waals surface area contributed by atoms with Crippen LogP contribution in [0.4, 0.5) is 0 Å². The molecule has 0 rings (SSSR count). The summed E-state index contributed by atoms with van der Waals surface area (Å²) in [4.78, 5) is 2.15. The van der Waals surface area contributed by atoms with Crippen LogP contribution in [0.3, 0.4) is 0 Å². The van der Waals surface area contributed by atoms with Crippen molar-refractivity contribution in [1.82, 2.24) is 4.90 Å². The Morgan fingerprint density at radius 3 is 2.60 bits per heavy atom. The lowest BCUT2D eigenvalue weighted by Crippen LogP contribution is -2.17. The van der Waals surface area contributed by atoms with Gasteiger partial charge in [-0.05, 0) is 7.05 Å². The molecule has 0 aromatic heterocycles. The standard InChI is InChI=1S/C8H16N2/c1-3-7-10(2)8-5-4-6-9/h3-5H,1,6-9H2,2H3/b5-4+. The molecule has 0 bridgehead atoms. The second-order valence-electron chi connectivity index (χ2n) is 2.22. The van der Waals surface area contributed by atoms with Crippen LogP contribution in [0.2, 0.25) is 0 Å². The highest BCUT2D eigenvalue weighted by molar-refractivity contribution is 4.86. The third-order valence-corrected chi connectivity index (χ3v) is 1.16. The van der Waals surface area contributed by atoms with E-state index in [9.17, 15) is 0 Å². The van der Waals surface area contributed by atoms with Gasteiger partial charge < -0.3 is 5.73 Å². The molecule has 0 spiro atoms. The van der Waals surface area contributed by atoms with Crippen LogP contribution >= 0.6 is 0 Å². The third kappa shape index (κ3) is 5.54. The van der Waals surface area contributed by atoms with Crippen molar-refractivity contribution in [3.05, 3.63) is 24.8 Å². The van der Waals surface area contributed by atoms with Crippen LogP contribution in [0.15, 0.2) is 24.8 Å². The van der Waals surface area contributed by atoms with Gasteiger partial charge in [-0.1, -0.05) is 18.2 Å². The molecule has 0 aliphatic heterocycles. The maximum atomic E-state index is 5.26. The van der Waals surface area contributed by atoms with Gasteiger partial charge in [0.25, 0.3) is 0 Å². The van der Waals surface area contributed by atoms with Crippen LogP contribution in [0.5, 0.6) is 0 Å². The molecule has 0 heterocycles. The SMILES string of the molecule is C=CCN(C)C/C=C/CN. The zero-order chi connectivity index (χ0) is 7.82. The van der Waals surface area contributed by atoms with E-state index in [4.69, 9.17) is 5.73 Å². The molecule has 0 aromatic carbocycles. The first-order chi connectivity index (χ1) is 4.81. The lowest BCUT2D eigenvalue weighted by atomic mass is 10.4. The smallest absolute Gasteiger partial charge is 0.0163 e. The van der Waals surface area contributed by atoms with Gasteiger partial charge in [-0.15, -0.1) is 6.58 Å². The number of hydrogen-bond donors (Lipinski definition) is 1. The molecule has 0 aliphatic rings. The van der Waals surface area contributed by atoms with Gasteiger partial charge in [-0.3, -0.25) is 4.90 Å². The summed E-state index contributed by atoms with van der Waals surface area (Å²) in [5.74, 6) is 0. The summed E-state index contributed by atoms with van der Waals surface area (Å²) in [6.45, 7) is 6.14. The van der Waals surface area contributed by atoms with Crippen LogP contribution in [0.1, 0.15) is 0 Å². The molecule has 0 unspecified atom stereocenters. The maximum Gasteiger partial charge on any atom is 0.0163 e. The highest BCUT2D eigenvalue weighted by atomic mass is 15.1. The van der Waals surface area contributed by atoms with Gasteiger partial charge in [0.1, 0.15) is 0 Å². The summed E-state index contributed by atoms with van der Waals surface area (Å²) in [6.07, 6.45) is 5.90. The molecule has 2 nitrogen and oxygen atoms in total. The van der Waals surface area contributed by atoms with Crippen molar-refractivity contribution < 1.29 is 0 Å². The van der Waals surface area contributed by atoms with Gasteiger partial charge >= 0.3 is 0 Å². The molecule has 0 aliphatic carbocycles. The van der Waals surface area contributed by atoms with Crippen molar-refractivity contribution in [2.75, 3.05) is 26.7 Å². The van der Waals surface area contributed by atoms with Gasteiger partial charge in [0.05, 0.1) is 0 Å². The zero-order valence-electron chi connectivity index (χ0n) is 6.59. The predicted octanol–water partition coefficient (Wildman–Crippen LogP) is 0.619. The van der Waals surface area contributed by atoms with Crippen molar-refractivity contribution in [2.24, 2.45) is 5.73 Å². The molecule has 0 amide bonds. The first-order valence-corrected chi connectivity index (χ1v) is 3.45. The van der Waals surface area contributed by atoms with Gasteiger partial charge in [0, 0.05) is 19.6 Å². The second kappa shape index (κ2) is 6.52. The molecule has 0 saturated heterocycles. The number of hydrogen-bond acceptors (Lipinski definition) is 2. The monoisotopic (exact) mass is 140 g/mol. The minimum atomic E-state index is 0.627. The van der Waals surface area contributed by atoms with E-state index in [0.29, 0.717) is 6.54 Å². The fraction of sp³-hybridized carbons (Fsp3) is 0.500. The molecule has 0 saturated carbocycles. The summed E-state index contributed by atoms with van der Waals surface area (Å²) >= 11 is 0. The van der Waals surface area contributed by atoms with E-state index in [2.05, 4.69) is 17.6 Å². The lowest BCUT2D eigenvalue weighted by Gasteiger charge is -2.09. The van der Waals surface area contributed by atoms with Gasteiger partial charge in [-0.2, -0.15) is 0 Å². The fourth-order valence-electron chi connectivity index (χ4n) is 0.646. The minimum absolute atomic E-state index is 0.627. The minimum Gasteiger partial charge on any atom is -0.327 e. The van der Waals surface area contributed by atoms with Crippen molar-refractivity contribution in [2.45, 2.75) is 0 Å². The molecule has 10 heavy (non-hydrogen) atoms. The van der Waals surface area contributed by atoms with Crippen molar-refractivity contribution >= 4 is 0 Å². The average Bonchev–Trinajstić information content (AvgIpc) is 1.89. The van der Waals surface area contributed by atoms with Gasteiger partial charge in [0.15, 0.2) is 0 Å². The average molecular weight is 140 g/mol. The Morgan fingerprint density at radius 2 is 2.10 bits per heavy atom.